The molecular weight excluding hydrogens is 763 g/mol. The first kappa shape index (κ1) is 36.8. The molecule has 0 radical (unpaired) electrons. The summed E-state index contributed by atoms with van der Waals surface area (Å²) in [5.74, 6) is 0.705. The third kappa shape index (κ3) is 6.23. The Bertz CT molecular complexity index is 3550. The molecule has 2 aromatic heterocycles. The van der Waals surface area contributed by atoms with Crippen molar-refractivity contribution in [3.05, 3.63) is 223 Å². The standard InChI is InChI=1S/C60H41N3/c1-60(2)51-20-12-11-19-50(51)58-57(60)55(56-49-18-10-9-15-41(49)33-34-52(56)61-58)43-25-21-40(22-26-43)45-29-30-47-36-48(32-31-46(47)35-45)54-37-53(42-16-7-4-8-17-42)62-59(63-54)44-27-23-39(24-28-44)38-13-5-3-6-14-38/h3-37H,1-2H3. The molecule has 2 heterocycles. The summed E-state index contributed by atoms with van der Waals surface area (Å²) in [6, 6.07) is 76.0. The number of hydrogen-bond donors (Lipinski definition) is 0. The second-order valence-electron chi connectivity index (χ2n) is 17.2. The van der Waals surface area contributed by atoms with Crippen LogP contribution in [0.15, 0.2) is 212 Å². The number of rotatable bonds is 6. The monoisotopic (exact) mass is 803 g/mol. The summed E-state index contributed by atoms with van der Waals surface area (Å²) in [5.41, 5.74) is 17.8. The second kappa shape index (κ2) is 14.6. The van der Waals surface area contributed by atoms with Gasteiger partial charge in [0, 0.05) is 33.1 Å². The highest BCUT2D eigenvalue weighted by molar-refractivity contribution is 6.16. The highest BCUT2D eigenvalue weighted by Gasteiger charge is 2.39. The Morgan fingerprint density at radius 1 is 0.365 bits per heavy atom. The average Bonchev–Trinajstić information content (AvgIpc) is 3.58. The lowest BCUT2D eigenvalue weighted by atomic mass is 9.78. The molecule has 0 saturated carbocycles. The topological polar surface area (TPSA) is 38.7 Å². The normalized spacial score (nSPS) is 12.7. The fraction of sp³-hybridized carbons (Fsp3) is 0.0500. The molecule has 0 saturated heterocycles. The molecule has 0 aliphatic heterocycles. The van der Waals surface area contributed by atoms with E-state index in [9.17, 15) is 0 Å². The summed E-state index contributed by atoms with van der Waals surface area (Å²) >= 11 is 0. The first-order valence-electron chi connectivity index (χ1n) is 21.7. The van der Waals surface area contributed by atoms with Gasteiger partial charge in [0.15, 0.2) is 5.82 Å². The molecule has 1 aliphatic rings. The summed E-state index contributed by atoms with van der Waals surface area (Å²) in [7, 11) is 0. The van der Waals surface area contributed by atoms with Gasteiger partial charge < -0.3 is 0 Å². The van der Waals surface area contributed by atoms with Crippen molar-refractivity contribution in [1.29, 1.82) is 0 Å². The van der Waals surface area contributed by atoms with Crippen LogP contribution in [-0.4, -0.2) is 15.0 Å². The van der Waals surface area contributed by atoms with Crippen molar-refractivity contribution in [2.45, 2.75) is 19.3 Å². The van der Waals surface area contributed by atoms with Gasteiger partial charge in [0.1, 0.15) is 0 Å². The summed E-state index contributed by atoms with van der Waals surface area (Å²) in [6.45, 7) is 4.70. The van der Waals surface area contributed by atoms with Crippen molar-refractivity contribution in [1.82, 2.24) is 15.0 Å². The molecule has 296 valence electrons. The second-order valence-corrected chi connectivity index (χ2v) is 17.2. The fourth-order valence-electron chi connectivity index (χ4n) is 9.83. The average molecular weight is 804 g/mol. The lowest BCUT2D eigenvalue weighted by molar-refractivity contribution is 0.662. The molecule has 3 nitrogen and oxygen atoms in total. The molecule has 3 heteroatoms. The third-order valence-electron chi connectivity index (χ3n) is 13.0. The van der Waals surface area contributed by atoms with Crippen LogP contribution in [-0.2, 0) is 5.41 Å². The molecule has 0 bridgehead atoms. The van der Waals surface area contributed by atoms with Crippen LogP contribution in [0.3, 0.4) is 0 Å². The quantitative estimate of drug-likeness (QED) is 0.157. The third-order valence-corrected chi connectivity index (χ3v) is 13.0. The highest BCUT2D eigenvalue weighted by atomic mass is 14.9. The van der Waals surface area contributed by atoms with E-state index in [0.717, 1.165) is 44.7 Å². The van der Waals surface area contributed by atoms with Crippen LogP contribution >= 0.6 is 0 Å². The minimum Gasteiger partial charge on any atom is -0.247 e. The zero-order valence-corrected chi connectivity index (χ0v) is 35.0. The molecule has 1 aliphatic carbocycles. The highest BCUT2D eigenvalue weighted by Crippen LogP contribution is 2.54. The Balaban J connectivity index is 0.915. The van der Waals surface area contributed by atoms with E-state index in [2.05, 4.69) is 214 Å². The molecule has 0 spiro atoms. The lowest BCUT2D eigenvalue weighted by Gasteiger charge is -2.25. The van der Waals surface area contributed by atoms with Crippen molar-refractivity contribution >= 4 is 32.4 Å². The predicted octanol–water partition coefficient (Wildman–Crippen LogP) is 15.6. The molecule has 0 atom stereocenters. The van der Waals surface area contributed by atoms with Crippen LogP contribution in [0.25, 0.3) is 111 Å². The summed E-state index contributed by atoms with van der Waals surface area (Å²) in [6.07, 6.45) is 0. The molecule has 9 aromatic carbocycles. The van der Waals surface area contributed by atoms with E-state index in [1.54, 1.807) is 0 Å². The van der Waals surface area contributed by atoms with Gasteiger partial charge in [-0.1, -0.05) is 202 Å². The molecule has 11 aromatic rings. The maximum atomic E-state index is 5.39. The van der Waals surface area contributed by atoms with Crippen LogP contribution < -0.4 is 0 Å². The maximum absolute atomic E-state index is 5.39. The van der Waals surface area contributed by atoms with E-state index >= 15 is 0 Å². The summed E-state index contributed by atoms with van der Waals surface area (Å²) in [4.78, 5) is 15.6. The van der Waals surface area contributed by atoms with Gasteiger partial charge in [0.25, 0.3) is 0 Å². The zero-order chi connectivity index (χ0) is 42.1. The number of aromatic nitrogens is 3. The van der Waals surface area contributed by atoms with Crippen LogP contribution in [0, 0.1) is 0 Å². The summed E-state index contributed by atoms with van der Waals surface area (Å²) in [5, 5.41) is 6.02. The van der Waals surface area contributed by atoms with Crippen LogP contribution in [0.4, 0.5) is 0 Å². The molecule has 0 N–H and O–H groups in total. The minimum atomic E-state index is -0.208. The number of nitrogens with zero attached hydrogens (tertiary/aromatic N) is 3. The van der Waals surface area contributed by atoms with Crippen molar-refractivity contribution in [2.24, 2.45) is 0 Å². The lowest BCUT2D eigenvalue weighted by Crippen LogP contribution is -2.16. The zero-order valence-electron chi connectivity index (χ0n) is 35.0. The molecule has 0 fully saturated rings. The van der Waals surface area contributed by atoms with Gasteiger partial charge in [-0.2, -0.15) is 0 Å². The van der Waals surface area contributed by atoms with E-state index in [4.69, 9.17) is 15.0 Å². The van der Waals surface area contributed by atoms with E-state index in [1.165, 1.54) is 71.6 Å². The van der Waals surface area contributed by atoms with Crippen molar-refractivity contribution in [3.63, 3.8) is 0 Å². The van der Waals surface area contributed by atoms with Gasteiger partial charge in [-0.05, 0) is 90.3 Å². The number of pyridine rings is 1. The van der Waals surface area contributed by atoms with Crippen molar-refractivity contribution in [3.8, 4) is 78.5 Å². The van der Waals surface area contributed by atoms with Gasteiger partial charge in [0.05, 0.1) is 22.6 Å². The van der Waals surface area contributed by atoms with Gasteiger partial charge in [-0.3, -0.25) is 0 Å². The fourth-order valence-corrected chi connectivity index (χ4v) is 9.83. The predicted molar refractivity (Wildman–Crippen MR) is 263 cm³/mol. The minimum absolute atomic E-state index is 0.208. The smallest absolute Gasteiger partial charge is 0.160 e. The van der Waals surface area contributed by atoms with Crippen molar-refractivity contribution < 1.29 is 0 Å². The van der Waals surface area contributed by atoms with Gasteiger partial charge in [-0.15, -0.1) is 0 Å². The number of benzene rings is 9. The van der Waals surface area contributed by atoms with E-state index in [-0.39, 0.29) is 5.41 Å². The Morgan fingerprint density at radius 2 is 0.889 bits per heavy atom. The Labute approximate surface area is 367 Å². The first-order valence-corrected chi connectivity index (χ1v) is 21.7. The molecular formula is C60H41N3. The largest absolute Gasteiger partial charge is 0.247 e. The van der Waals surface area contributed by atoms with Crippen LogP contribution in [0.5, 0.6) is 0 Å². The first-order chi connectivity index (χ1) is 31.0. The molecule has 0 amide bonds. The van der Waals surface area contributed by atoms with Crippen LogP contribution in [0.2, 0.25) is 0 Å². The maximum Gasteiger partial charge on any atom is 0.160 e. The van der Waals surface area contributed by atoms with Gasteiger partial charge in [0.2, 0.25) is 0 Å². The molecule has 0 unspecified atom stereocenters. The van der Waals surface area contributed by atoms with E-state index in [0.29, 0.717) is 5.82 Å². The molecule has 63 heavy (non-hydrogen) atoms. The Hall–Kier alpha value is -8.01. The SMILES string of the molecule is CC1(C)c2ccccc2-c2nc3ccc4ccccc4c3c(-c3ccc(-c4ccc5cc(-c6cc(-c7ccccc7)nc(-c7ccc(-c8ccccc8)cc7)n6)ccc5c4)cc3)c21. The van der Waals surface area contributed by atoms with Crippen molar-refractivity contribution in [2.75, 3.05) is 0 Å². The molecule has 12 rings (SSSR count). The van der Waals surface area contributed by atoms with Gasteiger partial charge in [-0.25, -0.2) is 15.0 Å². The Kier molecular flexibility index (Phi) is 8.52. The Morgan fingerprint density at radius 3 is 1.63 bits per heavy atom. The van der Waals surface area contributed by atoms with E-state index < -0.39 is 0 Å². The number of hydrogen-bond acceptors (Lipinski definition) is 3. The van der Waals surface area contributed by atoms with Crippen LogP contribution in [0.1, 0.15) is 25.0 Å². The number of fused-ring (bicyclic) bond motifs is 7. The van der Waals surface area contributed by atoms with E-state index in [1.807, 2.05) is 12.1 Å². The summed E-state index contributed by atoms with van der Waals surface area (Å²) < 4.78 is 0. The van der Waals surface area contributed by atoms with Gasteiger partial charge >= 0.3 is 0 Å².